The van der Waals surface area contributed by atoms with Gasteiger partial charge in [0.25, 0.3) is 0 Å². The Kier molecular flexibility index (Phi) is 7.03. The summed E-state index contributed by atoms with van der Waals surface area (Å²) in [5.74, 6) is 1.88. The minimum Gasteiger partial charge on any atom is -0.497 e. The molecule has 0 unspecified atom stereocenters. The second kappa shape index (κ2) is 9.89. The van der Waals surface area contributed by atoms with E-state index in [0.29, 0.717) is 36.0 Å². The third-order valence-corrected chi connectivity index (χ3v) is 4.87. The first-order valence-corrected chi connectivity index (χ1v) is 10.00. The highest BCUT2D eigenvalue weighted by atomic mass is 16.5. The number of hydrogen-bond acceptors (Lipinski definition) is 5. The lowest BCUT2D eigenvalue weighted by Gasteiger charge is -2.13. The molecule has 0 saturated heterocycles. The molecule has 1 aromatic heterocycles. The molecule has 1 amide bonds. The van der Waals surface area contributed by atoms with Crippen molar-refractivity contribution in [3.63, 3.8) is 0 Å². The van der Waals surface area contributed by atoms with Crippen LogP contribution in [0.3, 0.4) is 0 Å². The average molecular weight is 421 g/mol. The number of allylic oxidation sites excluding steroid dienone is 1. The fraction of sp³-hybridized carbons (Fsp3) is 0.240. The monoisotopic (exact) mass is 421 g/mol. The van der Waals surface area contributed by atoms with Gasteiger partial charge in [-0.25, -0.2) is 0 Å². The number of amides is 1. The molecule has 31 heavy (non-hydrogen) atoms. The summed E-state index contributed by atoms with van der Waals surface area (Å²) in [5, 5.41) is 3.64. The first-order chi connectivity index (χ1) is 15.0. The number of rotatable bonds is 9. The Bertz CT molecular complexity index is 1130. The number of methoxy groups -OCH3 is 2. The molecule has 0 aliphatic heterocycles. The fourth-order valence-corrected chi connectivity index (χ4v) is 3.37. The molecule has 0 spiro atoms. The summed E-state index contributed by atoms with van der Waals surface area (Å²) >= 11 is 0. The van der Waals surface area contributed by atoms with E-state index < -0.39 is 0 Å². The van der Waals surface area contributed by atoms with Crippen molar-refractivity contribution >= 4 is 22.4 Å². The third kappa shape index (κ3) is 4.74. The third-order valence-electron chi connectivity index (χ3n) is 4.87. The molecule has 0 fully saturated rings. The first kappa shape index (κ1) is 22.0. The minimum atomic E-state index is -0.193. The largest absolute Gasteiger partial charge is 0.497 e. The Labute approximate surface area is 182 Å². The maximum atomic E-state index is 12.2. The van der Waals surface area contributed by atoms with Crippen LogP contribution >= 0.6 is 0 Å². The quantitative estimate of drug-likeness (QED) is 0.379. The molecule has 0 aliphatic carbocycles. The zero-order chi connectivity index (χ0) is 22.4. The molecule has 162 valence electrons. The van der Waals surface area contributed by atoms with Crippen LogP contribution in [-0.2, 0) is 4.79 Å². The van der Waals surface area contributed by atoms with Crippen LogP contribution in [0.15, 0.2) is 59.7 Å². The summed E-state index contributed by atoms with van der Waals surface area (Å²) in [5.41, 5.74) is 3.97. The molecule has 3 rings (SSSR count). The fourth-order valence-electron chi connectivity index (χ4n) is 3.37. The SMILES string of the molecule is C=CCNC(=O)/C=C(\C)c1cc2c(-c3cc(OC)ccc3OC)coc2cc1OCC. The van der Waals surface area contributed by atoms with E-state index in [1.165, 1.54) is 0 Å². The lowest BCUT2D eigenvalue weighted by Crippen LogP contribution is -2.20. The highest BCUT2D eigenvalue weighted by molar-refractivity contribution is 6.01. The molecule has 2 aromatic carbocycles. The van der Waals surface area contributed by atoms with Gasteiger partial charge in [0, 0.05) is 40.8 Å². The van der Waals surface area contributed by atoms with Gasteiger partial charge in [-0.3, -0.25) is 4.79 Å². The highest BCUT2D eigenvalue weighted by Crippen LogP contribution is 2.41. The zero-order valence-corrected chi connectivity index (χ0v) is 18.3. The lowest BCUT2D eigenvalue weighted by atomic mass is 9.98. The average Bonchev–Trinajstić information content (AvgIpc) is 3.19. The summed E-state index contributed by atoms with van der Waals surface area (Å²) in [6, 6.07) is 9.44. The van der Waals surface area contributed by atoms with Crippen LogP contribution in [0.2, 0.25) is 0 Å². The molecule has 1 N–H and O–H groups in total. The van der Waals surface area contributed by atoms with E-state index in [0.717, 1.165) is 27.6 Å². The number of furan rings is 1. The normalized spacial score (nSPS) is 11.3. The number of ether oxygens (including phenoxy) is 3. The van der Waals surface area contributed by atoms with Gasteiger partial charge in [0.2, 0.25) is 5.91 Å². The maximum absolute atomic E-state index is 12.2. The van der Waals surface area contributed by atoms with Gasteiger partial charge in [0.1, 0.15) is 22.8 Å². The van der Waals surface area contributed by atoms with Gasteiger partial charge in [-0.2, -0.15) is 0 Å². The van der Waals surface area contributed by atoms with Crippen LogP contribution in [0.4, 0.5) is 0 Å². The van der Waals surface area contributed by atoms with Crippen LogP contribution in [0.1, 0.15) is 19.4 Å². The number of fused-ring (bicyclic) bond motifs is 1. The van der Waals surface area contributed by atoms with Crippen LogP contribution in [0.5, 0.6) is 17.2 Å². The standard InChI is InChI=1S/C25H27NO5/c1-6-10-26-25(27)11-16(3)18-13-20-21(15-31-24(20)14-23(18)30-7-2)19-12-17(28-4)8-9-22(19)29-5/h6,8-9,11-15H,1,7,10H2,2-5H3,(H,26,27)/b16-11+. The van der Waals surface area contributed by atoms with E-state index in [4.69, 9.17) is 18.6 Å². The van der Waals surface area contributed by atoms with Crippen molar-refractivity contribution in [3.8, 4) is 28.4 Å². The van der Waals surface area contributed by atoms with Crippen LogP contribution in [0, 0.1) is 0 Å². The van der Waals surface area contributed by atoms with Crippen molar-refractivity contribution in [2.75, 3.05) is 27.4 Å². The minimum absolute atomic E-state index is 0.193. The van der Waals surface area contributed by atoms with Crippen LogP contribution in [0.25, 0.3) is 27.7 Å². The predicted molar refractivity (Wildman–Crippen MR) is 123 cm³/mol. The zero-order valence-electron chi connectivity index (χ0n) is 18.3. The van der Waals surface area contributed by atoms with Crippen LogP contribution < -0.4 is 19.5 Å². The highest BCUT2D eigenvalue weighted by Gasteiger charge is 2.18. The molecule has 3 aromatic rings. The van der Waals surface area contributed by atoms with E-state index in [-0.39, 0.29) is 5.91 Å². The van der Waals surface area contributed by atoms with Crippen molar-refractivity contribution in [2.24, 2.45) is 0 Å². The van der Waals surface area contributed by atoms with Crippen molar-refractivity contribution in [2.45, 2.75) is 13.8 Å². The molecule has 6 heteroatoms. The van der Waals surface area contributed by atoms with Gasteiger partial charge in [0.05, 0.1) is 27.1 Å². The second-order valence-electron chi connectivity index (χ2n) is 6.85. The molecule has 0 saturated carbocycles. The van der Waals surface area contributed by atoms with Crippen molar-refractivity contribution in [1.82, 2.24) is 5.32 Å². The summed E-state index contributed by atoms with van der Waals surface area (Å²) in [7, 11) is 3.25. The van der Waals surface area contributed by atoms with Crippen molar-refractivity contribution in [3.05, 3.63) is 60.9 Å². The molecule has 0 aliphatic rings. The van der Waals surface area contributed by atoms with Crippen LogP contribution in [-0.4, -0.2) is 33.3 Å². The van der Waals surface area contributed by atoms with E-state index in [2.05, 4.69) is 11.9 Å². The Morgan fingerprint density at radius 1 is 1.13 bits per heavy atom. The van der Waals surface area contributed by atoms with Gasteiger partial charge in [-0.15, -0.1) is 6.58 Å². The summed E-state index contributed by atoms with van der Waals surface area (Å²) in [4.78, 5) is 12.2. The molecule has 1 heterocycles. The predicted octanol–water partition coefficient (Wildman–Crippen LogP) is 5.22. The van der Waals surface area contributed by atoms with E-state index in [1.807, 2.05) is 44.2 Å². The maximum Gasteiger partial charge on any atom is 0.244 e. The van der Waals surface area contributed by atoms with Gasteiger partial charge >= 0.3 is 0 Å². The number of hydrogen-bond donors (Lipinski definition) is 1. The van der Waals surface area contributed by atoms with E-state index in [1.54, 1.807) is 32.6 Å². The topological polar surface area (TPSA) is 69.9 Å². The van der Waals surface area contributed by atoms with Gasteiger partial charge in [0.15, 0.2) is 0 Å². The number of benzene rings is 2. The summed E-state index contributed by atoms with van der Waals surface area (Å²) < 4.78 is 22.6. The Balaban J connectivity index is 2.16. The Hall–Kier alpha value is -3.67. The number of nitrogens with one attached hydrogen (secondary N) is 1. The number of carbonyl (C=O) groups is 1. The lowest BCUT2D eigenvalue weighted by molar-refractivity contribution is -0.116. The summed E-state index contributed by atoms with van der Waals surface area (Å²) in [6.07, 6.45) is 4.88. The molecule has 0 atom stereocenters. The van der Waals surface area contributed by atoms with Crippen molar-refractivity contribution in [1.29, 1.82) is 0 Å². The smallest absolute Gasteiger partial charge is 0.244 e. The van der Waals surface area contributed by atoms with Gasteiger partial charge in [-0.1, -0.05) is 6.08 Å². The van der Waals surface area contributed by atoms with Gasteiger partial charge < -0.3 is 23.9 Å². The molecule has 0 bridgehead atoms. The Morgan fingerprint density at radius 3 is 2.61 bits per heavy atom. The Morgan fingerprint density at radius 2 is 1.94 bits per heavy atom. The molecular formula is C25H27NO5. The van der Waals surface area contributed by atoms with Gasteiger partial charge in [-0.05, 0) is 43.7 Å². The summed E-state index contributed by atoms with van der Waals surface area (Å²) in [6.45, 7) is 8.31. The van der Waals surface area contributed by atoms with E-state index in [9.17, 15) is 4.79 Å². The van der Waals surface area contributed by atoms with Crippen molar-refractivity contribution < 1.29 is 23.4 Å². The molecule has 6 nitrogen and oxygen atoms in total. The second-order valence-corrected chi connectivity index (χ2v) is 6.85. The molecular weight excluding hydrogens is 394 g/mol. The van der Waals surface area contributed by atoms with E-state index >= 15 is 0 Å². The first-order valence-electron chi connectivity index (χ1n) is 10.00. The molecule has 0 radical (unpaired) electrons. The number of carbonyl (C=O) groups excluding carboxylic acids is 1.